The maximum Gasteiger partial charge on any atom is 0.408 e. The van der Waals surface area contributed by atoms with Crippen molar-refractivity contribution in [1.29, 1.82) is 0 Å². The largest absolute Gasteiger partial charge is 0.444 e. The number of hydrogen-bond acceptors (Lipinski definition) is 3. The monoisotopic (exact) mass is 381 g/mol. The maximum atomic E-state index is 12.2. The molecule has 134 valence electrons. The molecule has 4 nitrogen and oxygen atoms in total. The molecule has 0 aliphatic carbocycles. The number of aliphatic hydroxyl groups excluding tert-OH is 1. The first-order valence-corrected chi connectivity index (χ1v) is 8.60. The fourth-order valence-electron chi connectivity index (χ4n) is 2.33. The Morgan fingerprint density at radius 2 is 1.68 bits per heavy atom. The van der Waals surface area contributed by atoms with E-state index in [9.17, 15) is 9.90 Å². The topological polar surface area (TPSA) is 58.6 Å². The predicted octanol–water partition coefficient (Wildman–Crippen LogP) is 5.29. The lowest BCUT2D eigenvalue weighted by Gasteiger charge is -2.27. The number of halogens is 2. The van der Waals surface area contributed by atoms with E-state index in [4.69, 9.17) is 27.9 Å². The molecule has 0 aromatic heterocycles. The zero-order valence-electron chi connectivity index (χ0n) is 14.3. The van der Waals surface area contributed by atoms with Gasteiger partial charge in [-0.15, -0.1) is 0 Å². The molecule has 2 N–H and O–H groups in total. The summed E-state index contributed by atoms with van der Waals surface area (Å²) in [5, 5.41) is 14.6. The van der Waals surface area contributed by atoms with Crippen LogP contribution in [0.1, 0.15) is 44.0 Å². The van der Waals surface area contributed by atoms with Crippen LogP contribution in [-0.4, -0.2) is 16.8 Å². The first-order valence-electron chi connectivity index (χ1n) is 7.84. The van der Waals surface area contributed by atoms with Gasteiger partial charge in [0.15, 0.2) is 0 Å². The summed E-state index contributed by atoms with van der Waals surface area (Å²) in [4.78, 5) is 12.2. The molecule has 1 amide bonds. The van der Waals surface area contributed by atoms with Crippen LogP contribution in [0, 0.1) is 0 Å². The van der Waals surface area contributed by atoms with Crippen LogP contribution in [-0.2, 0) is 4.74 Å². The highest BCUT2D eigenvalue weighted by Crippen LogP contribution is 2.31. The Labute approximate surface area is 157 Å². The van der Waals surface area contributed by atoms with Gasteiger partial charge in [-0.2, -0.15) is 0 Å². The molecule has 2 atom stereocenters. The molecule has 25 heavy (non-hydrogen) atoms. The number of carbonyl (C=O) groups is 1. The molecule has 0 bridgehead atoms. The zero-order chi connectivity index (χ0) is 18.6. The highest BCUT2D eigenvalue weighted by atomic mass is 35.5. The van der Waals surface area contributed by atoms with Gasteiger partial charge in [0, 0.05) is 10.0 Å². The van der Waals surface area contributed by atoms with E-state index in [1.807, 2.05) is 0 Å². The molecule has 0 saturated heterocycles. The van der Waals surface area contributed by atoms with E-state index in [1.54, 1.807) is 69.3 Å². The second-order valence-electron chi connectivity index (χ2n) is 6.68. The summed E-state index contributed by atoms with van der Waals surface area (Å²) in [5.41, 5.74) is 0.640. The SMILES string of the molecule is CC(C)(C)OC(=O)NC(c1ccc(Cl)cc1)[C@H](O)c1cccc(Cl)c1. The van der Waals surface area contributed by atoms with E-state index in [2.05, 4.69) is 5.32 Å². The Morgan fingerprint density at radius 3 is 2.24 bits per heavy atom. The highest BCUT2D eigenvalue weighted by molar-refractivity contribution is 6.30. The second-order valence-corrected chi connectivity index (χ2v) is 7.55. The van der Waals surface area contributed by atoms with Gasteiger partial charge in [-0.05, 0) is 56.2 Å². The van der Waals surface area contributed by atoms with E-state index < -0.39 is 23.8 Å². The first kappa shape index (κ1) is 19.6. The Balaban J connectivity index is 2.31. The van der Waals surface area contributed by atoms with Gasteiger partial charge >= 0.3 is 6.09 Å². The van der Waals surface area contributed by atoms with Crippen molar-refractivity contribution in [2.75, 3.05) is 0 Å². The molecular weight excluding hydrogens is 361 g/mol. The Hall–Kier alpha value is -1.75. The van der Waals surface area contributed by atoms with Gasteiger partial charge in [-0.1, -0.05) is 47.5 Å². The molecule has 2 rings (SSSR count). The normalized spacial score (nSPS) is 13.8. The van der Waals surface area contributed by atoms with Crippen molar-refractivity contribution in [3.05, 3.63) is 69.7 Å². The average Bonchev–Trinajstić information content (AvgIpc) is 2.51. The number of ether oxygens (including phenoxy) is 1. The summed E-state index contributed by atoms with van der Waals surface area (Å²) >= 11 is 11.9. The summed E-state index contributed by atoms with van der Waals surface area (Å²) in [7, 11) is 0. The van der Waals surface area contributed by atoms with Crippen molar-refractivity contribution >= 4 is 29.3 Å². The number of carbonyl (C=O) groups excluding carboxylic acids is 1. The summed E-state index contributed by atoms with van der Waals surface area (Å²) in [6, 6.07) is 13.0. The lowest BCUT2D eigenvalue weighted by molar-refractivity contribution is 0.0419. The zero-order valence-corrected chi connectivity index (χ0v) is 15.8. The van der Waals surface area contributed by atoms with Gasteiger partial charge in [-0.3, -0.25) is 0 Å². The van der Waals surface area contributed by atoms with Gasteiger partial charge < -0.3 is 15.2 Å². The van der Waals surface area contributed by atoms with Crippen LogP contribution in [0.5, 0.6) is 0 Å². The average molecular weight is 382 g/mol. The molecule has 2 aromatic carbocycles. The third-order valence-corrected chi connectivity index (χ3v) is 3.89. The summed E-state index contributed by atoms with van der Waals surface area (Å²) in [6.07, 6.45) is -1.62. The quantitative estimate of drug-likeness (QED) is 0.755. The van der Waals surface area contributed by atoms with Gasteiger partial charge in [0.1, 0.15) is 11.7 Å². The minimum absolute atomic E-state index is 0.503. The second kappa shape index (κ2) is 8.09. The fraction of sp³-hybridized carbons (Fsp3) is 0.316. The van der Waals surface area contributed by atoms with E-state index in [0.29, 0.717) is 21.2 Å². The van der Waals surface area contributed by atoms with Crippen molar-refractivity contribution in [3.63, 3.8) is 0 Å². The van der Waals surface area contributed by atoms with Crippen LogP contribution >= 0.6 is 23.2 Å². The molecule has 0 heterocycles. The van der Waals surface area contributed by atoms with Gasteiger partial charge in [0.25, 0.3) is 0 Å². The number of benzene rings is 2. The van der Waals surface area contributed by atoms with E-state index >= 15 is 0 Å². The molecule has 0 radical (unpaired) electrons. The molecule has 0 aliphatic heterocycles. The summed E-state index contributed by atoms with van der Waals surface area (Å²) in [5.74, 6) is 0. The fourth-order valence-corrected chi connectivity index (χ4v) is 2.66. The van der Waals surface area contributed by atoms with Crippen molar-refractivity contribution in [1.82, 2.24) is 5.32 Å². The van der Waals surface area contributed by atoms with Crippen LogP contribution in [0.15, 0.2) is 48.5 Å². The van der Waals surface area contributed by atoms with Crippen LogP contribution < -0.4 is 5.32 Å². The van der Waals surface area contributed by atoms with Crippen LogP contribution in [0.25, 0.3) is 0 Å². The van der Waals surface area contributed by atoms with Gasteiger partial charge in [0.05, 0.1) is 6.04 Å². The number of nitrogens with one attached hydrogen (secondary N) is 1. The highest BCUT2D eigenvalue weighted by Gasteiger charge is 2.27. The number of amides is 1. The molecular formula is C19H21Cl2NO3. The van der Waals surface area contributed by atoms with Crippen LogP contribution in [0.4, 0.5) is 4.79 Å². The number of alkyl carbamates (subject to hydrolysis) is 1. The maximum absolute atomic E-state index is 12.2. The molecule has 0 saturated carbocycles. The minimum Gasteiger partial charge on any atom is -0.444 e. The van der Waals surface area contributed by atoms with Gasteiger partial charge in [-0.25, -0.2) is 4.79 Å². The van der Waals surface area contributed by atoms with Crippen molar-refractivity contribution in [2.45, 2.75) is 38.5 Å². The molecule has 0 spiro atoms. The molecule has 0 aliphatic rings. The van der Waals surface area contributed by atoms with Gasteiger partial charge in [0.2, 0.25) is 0 Å². The molecule has 0 fully saturated rings. The Bertz CT molecular complexity index is 726. The van der Waals surface area contributed by atoms with Crippen LogP contribution in [0.3, 0.4) is 0 Å². The molecule has 1 unspecified atom stereocenters. The Kier molecular flexibility index (Phi) is 6.33. The van der Waals surface area contributed by atoms with Crippen molar-refractivity contribution in [2.24, 2.45) is 0 Å². The van der Waals surface area contributed by atoms with Crippen molar-refractivity contribution < 1.29 is 14.6 Å². The minimum atomic E-state index is -1.01. The summed E-state index contributed by atoms with van der Waals surface area (Å²) < 4.78 is 5.31. The van der Waals surface area contributed by atoms with E-state index in [-0.39, 0.29) is 0 Å². The number of hydrogen-bond donors (Lipinski definition) is 2. The smallest absolute Gasteiger partial charge is 0.408 e. The third kappa shape index (κ3) is 5.92. The lowest BCUT2D eigenvalue weighted by atomic mass is 9.96. The third-order valence-electron chi connectivity index (χ3n) is 3.41. The van der Waals surface area contributed by atoms with Crippen molar-refractivity contribution in [3.8, 4) is 0 Å². The Morgan fingerprint density at radius 1 is 1.04 bits per heavy atom. The summed E-state index contributed by atoms with van der Waals surface area (Å²) in [6.45, 7) is 5.33. The van der Waals surface area contributed by atoms with E-state index in [0.717, 1.165) is 0 Å². The van der Waals surface area contributed by atoms with E-state index in [1.165, 1.54) is 0 Å². The molecule has 6 heteroatoms. The number of rotatable bonds is 4. The van der Waals surface area contributed by atoms with Crippen LogP contribution in [0.2, 0.25) is 10.0 Å². The number of aliphatic hydroxyl groups is 1. The predicted molar refractivity (Wildman–Crippen MR) is 100.0 cm³/mol. The lowest BCUT2D eigenvalue weighted by Crippen LogP contribution is -2.37. The standard InChI is InChI=1S/C19H21Cl2NO3/c1-19(2,3)25-18(24)22-16(12-7-9-14(20)10-8-12)17(23)13-5-4-6-15(21)11-13/h4-11,16-17,23H,1-3H3,(H,22,24)/t16?,17-/m1/s1. The first-order chi connectivity index (χ1) is 11.7. The molecule has 2 aromatic rings.